The topological polar surface area (TPSA) is 75.7 Å². The lowest BCUT2D eigenvalue weighted by Crippen LogP contribution is -2.47. The highest BCUT2D eigenvalue weighted by Gasteiger charge is 2.27. The van der Waals surface area contributed by atoms with Gasteiger partial charge in [0.05, 0.1) is 0 Å². The quantitative estimate of drug-likeness (QED) is 0.721. The number of nitrogens with zero attached hydrogens (tertiary/aromatic N) is 1. The molecule has 3 rings (SSSR count). The van der Waals surface area contributed by atoms with E-state index < -0.39 is 10.0 Å². The number of ether oxygens (including phenoxy) is 1. The number of likely N-dealkylation sites (tertiary alicyclic amines) is 1. The Bertz CT molecular complexity index is 830. The van der Waals surface area contributed by atoms with Crippen molar-refractivity contribution in [2.24, 2.45) is 0 Å². The Morgan fingerprint density at radius 2 is 1.92 bits per heavy atom. The molecule has 1 fully saturated rings. The molecule has 0 aliphatic carbocycles. The summed E-state index contributed by atoms with van der Waals surface area (Å²) in [5, 5.41) is 1.74. The number of thiophene rings is 1. The average Bonchev–Trinajstić information content (AvgIpc) is 3.17. The van der Waals surface area contributed by atoms with E-state index in [0.717, 1.165) is 4.47 Å². The van der Waals surface area contributed by atoms with E-state index in [4.69, 9.17) is 4.74 Å². The first-order valence-corrected chi connectivity index (χ1v) is 11.3. The fourth-order valence-corrected chi connectivity index (χ4v) is 5.29. The SMILES string of the molecule is O=C(COc1ccc(Br)cc1)N1CCC(NS(=O)(=O)c2cccs2)CC1. The predicted molar refractivity (Wildman–Crippen MR) is 104 cm³/mol. The van der Waals surface area contributed by atoms with Crippen LogP contribution in [0.1, 0.15) is 12.8 Å². The van der Waals surface area contributed by atoms with Gasteiger partial charge in [0.1, 0.15) is 9.96 Å². The number of benzene rings is 1. The minimum Gasteiger partial charge on any atom is -0.484 e. The molecule has 0 unspecified atom stereocenters. The molecule has 9 heteroatoms. The fourth-order valence-electron chi connectivity index (χ4n) is 2.71. The zero-order valence-corrected chi connectivity index (χ0v) is 17.1. The molecule has 26 heavy (non-hydrogen) atoms. The summed E-state index contributed by atoms with van der Waals surface area (Å²) in [6, 6.07) is 10.4. The van der Waals surface area contributed by atoms with Crippen LogP contribution in [0.2, 0.25) is 0 Å². The van der Waals surface area contributed by atoms with Gasteiger partial charge in [-0.15, -0.1) is 11.3 Å². The molecule has 140 valence electrons. The Hall–Kier alpha value is -1.42. The van der Waals surface area contributed by atoms with E-state index in [9.17, 15) is 13.2 Å². The van der Waals surface area contributed by atoms with Gasteiger partial charge in [0.2, 0.25) is 10.0 Å². The van der Waals surface area contributed by atoms with Crippen LogP contribution in [0.25, 0.3) is 0 Å². The van der Waals surface area contributed by atoms with Crippen molar-refractivity contribution in [2.45, 2.75) is 23.1 Å². The maximum atomic E-state index is 12.3. The van der Waals surface area contributed by atoms with Gasteiger partial charge in [-0.3, -0.25) is 4.79 Å². The third-order valence-corrected chi connectivity index (χ3v) is 7.55. The number of hydrogen-bond acceptors (Lipinski definition) is 5. The lowest BCUT2D eigenvalue weighted by molar-refractivity contribution is -0.134. The highest BCUT2D eigenvalue weighted by atomic mass is 79.9. The molecule has 1 aliphatic heterocycles. The molecule has 1 amide bonds. The number of nitrogens with one attached hydrogen (secondary N) is 1. The average molecular weight is 459 g/mol. The summed E-state index contributed by atoms with van der Waals surface area (Å²) in [6.07, 6.45) is 1.18. The van der Waals surface area contributed by atoms with E-state index in [1.807, 2.05) is 12.1 Å². The van der Waals surface area contributed by atoms with E-state index in [2.05, 4.69) is 20.7 Å². The molecular formula is C17H19BrN2O4S2. The van der Waals surface area contributed by atoms with Crippen LogP contribution in [0.4, 0.5) is 0 Å². The summed E-state index contributed by atoms with van der Waals surface area (Å²) in [7, 11) is -3.47. The fraction of sp³-hybridized carbons (Fsp3) is 0.353. The van der Waals surface area contributed by atoms with Crippen molar-refractivity contribution < 1.29 is 17.9 Å². The van der Waals surface area contributed by atoms with Gasteiger partial charge in [-0.25, -0.2) is 13.1 Å². The second kappa shape index (κ2) is 8.51. The summed E-state index contributed by atoms with van der Waals surface area (Å²) in [5.41, 5.74) is 0. The summed E-state index contributed by atoms with van der Waals surface area (Å²) in [6.45, 7) is 1.01. The van der Waals surface area contributed by atoms with Gasteiger partial charge in [0.25, 0.3) is 5.91 Å². The van der Waals surface area contributed by atoms with Crippen molar-refractivity contribution >= 4 is 43.2 Å². The maximum Gasteiger partial charge on any atom is 0.260 e. The van der Waals surface area contributed by atoms with Crippen molar-refractivity contribution in [3.05, 3.63) is 46.3 Å². The van der Waals surface area contributed by atoms with Crippen molar-refractivity contribution in [1.82, 2.24) is 9.62 Å². The van der Waals surface area contributed by atoms with Crippen LogP contribution in [-0.4, -0.2) is 45.0 Å². The Kier molecular flexibility index (Phi) is 6.33. The number of hydrogen-bond donors (Lipinski definition) is 1. The van der Waals surface area contributed by atoms with Gasteiger partial charge in [0.15, 0.2) is 6.61 Å². The largest absolute Gasteiger partial charge is 0.484 e. The highest BCUT2D eigenvalue weighted by Crippen LogP contribution is 2.19. The normalized spacial score (nSPS) is 15.8. The number of piperidine rings is 1. The minimum atomic E-state index is -3.47. The lowest BCUT2D eigenvalue weighted by Gasteiger charge is -2.32. The standard InChI is InChI=1S/C17H19BrN2O4S2/c18-13-3-5-15(6-4-13)24-12-16(21)20-9-7-14(8-10-20)19-26(22,23)17-2-1-11-25-17/h1-6,11,14,19H,7-10,12H2. The van der Waals surface area contributed by atoms with Crippen molar-refractivity contribution in [1.29, 1.82) is 0 Å². The highest BCUT2D eigenvalue weighted by molar-refractivity contribution is 9.10. The van der Waals surface area contributed by atoms with Gasteiger partial charge >= 0.3 is 0 Å². The van der Waals surface area contributed by atoms with Gasteiger partial charge in [0, 0.05) is 23.6 Å². The smallest absolute Gasteiger partial charge is 0.260 e. The number of carbonyl (C=O) groups is 1. The zero-order chi connectivity index (χ0) is 18.6. The van der Waals surface area contributed by atoms with Crippen molar-refractivity contribution in [3.8, 4) is 5.75 Å². The van der Waals surface area contributed by atoms with Gasteiger partial charge in [-0.2, -0.15) is 0 Å². The first-order valence-electron chi connectivity index (χ1n) is 8.16. The van der Waals surface area contributed by atoms with Gasteiger partial charge in [-0.1, -0.05) is 22.0 Å². The Morgan fingerprint density at radius 1 is 1.23 bits per heavy atom. The summed E-state index contributed by atoms with van der Waals surface area (Å²) >= 11 is 4.54. The second-order valence-corrected chi connectivity index (χ2v) is 9.76. The van der Waals surface area contributed by atoms with Crippen LogP contribution in [0.5, 0.6) is 5.75 Å². The van der Waals surface area contributed by atoms with Gasteiger partial charge in [-0.05, 0) is 48.6 Å². The molecule has 1 aromatic heterocycles. The molecule has 0 radical (unpaired) electrons. The zero-order valence-electron chi connectivity index (χ0n) is 13.9. The molecule has 2 heterocycles. The molecule has 0 atom stereocenters. The van der Waals surface area contributed by atoms with E-state index in [-0.39, 0.29) is 18.6 Å². The maximum absolute atomic E-state index is 12.3. The molecule has 1 N–H and O–H groups in total. The van der Waals surface area contributed by atoms with Crippen LogP contribution in [0.3, 0.4) is 0 Å². The third-order valence-electron chi connectivity index (χ3n) is 4.11. The second-order valence-electron chi connectivity index (χ2n) is 5.95. The summed E-state index contributed by atoms with van der Waals surface area (Å²) in [5.74, 6) is 0.549. The van der Waals surface area contributed by atoms with Gasteiger partial charge < -0.3 is 9.64 Å². The molecule has 0 spiro atoms. The van der Waals surface area contributed by atoms with Crippen molar-refractivity contribution in [3.63, 3.8) is 0 Å². The van der Waals surface area contributed by atoms with Crippen LogP contribution < -0.4 is 9.46 Å². The molecule has 6 nitrogen and oxygen atoms in total. The molecule has 1 aromatic carbocycles. The number of sulfonamides is 1. The number of carbonyl (C=O) groups excluding carboxylic acids is 1. The van der Waals surface area contributed by atoms with Crippen LogP contribution in [-0.2, 0) is 14.8 Å². The molecule has 1 aliphatic rings. The van der Waals surface area contributed by atoms with Crippen LogP contribution in [0.15, 0.2) is 50.5 Å². The molecular weight excluding hydrogens is 440 g/mol. The summed E-state index contributed by atoms with van der Waals surface area (Å²) in [4.78, 5) is 14.0. The molecule has 0 saturated carbocycles. The Labute approximate surface area is 165 Å². The van der Waals surface area contributed by atoms with Crippen LogP contribution >= 0.6 is 27.3 Å². The van der Waals surface area contributed by atoms with Crippen LogP contribution in [0, 0.1) is 0 Å². The van der Waals surface area contributed by atoms with E-state index in [1.165, 1.54) is 11.3 Å². The van der Waals surface area contributed by atoms with Crippen molar-refractivity contribution in [2.75, 3.05) is 19.7 Å². The first-order chi connectivity index (χ1) is 12.4. The molecule has 1 saturated heterocycles. The molecule has 2 aromatic rings. The summed E-state index contributed by atoms with van der Waals surface area (Å²) < 4.78 is 34.0. The minimum absolute atomic E-state index is 0.0206. The number of rotatable bonds is 6. The van der Waals surface area contributed by atoms with E-state index in [0.29, 0.717) is 35.9 Å². The predicted octanol–water partition coefficient (Wildman–Crippen LogP) is 2.86. The number of halogens is 1. The number of amides is 1. The lowest BCUT2D eigenvalue weighted by atomic mass is 10.1. The monoisotopic (exact) mass is 458 g/mol. The Balaban J connectivity index is 1.45. The van der Waals surface area contributed by atoms with E-state index >= 15 is 0 Å². The first kappa shape index (κ1) is 19.3. The van der Waals surface area contributed by atoms with E-state index in [1.54, 1.807) is 34.5 Å². The third kappa shape index (κ3) is 5.06. The Morgan fingerprint density at radius 3 is 2.54 bits per heavy atom. The molecule has 0 bridgehead atoms.